The van der Waals surface area contributed by atoms with Crippen LogP contribution in [0.15, 0.2) is 16.6 Å². The molecule has 5 nitrogen and oxygen atoms in total. The highest BCUT2D eigenvalue weighted by Crippen LogP contribution is 2.32. The summed E-state index contributed by atoms with van der Waals surface area (Å²) in [4.78, 5) is 12.0. The normalized spacial score (nSPS) is 16.8. The summed E-state index contributed by atoms with van der Waals surface area (Å²) >= 11 is 3.42. The lowest BCUT2D eigenvalue weighted by Gasteiger charge is -2.38. The van der Waals surface area contributed by atoms with Crippen molar-refractivity contribution in [2.24, 2.45) is 0 Å². The molecule has 1 fully saturated rings. The molecule has 134 valence electrons. The van der Waals surface area contributed by atoms with Crippen LogP contribution in [0.3, 0.4) is 0 Å². The van der Waals surface area contributed by atoms with E-state index in [2.05, 4.69) is 28.2 Å². The van der Waals surface area contributed by atoms with Crippen molar-refractivity contribution in [1.82, 2.24) is 5.32 Å². The first-order chi connectivity index (χ1) is 11.5. The van der Waals surface area contributed by atoms with Crippen LogP contribution in [0.2, 0.25) is 0 Å². The molecule has 0 radical (unpaired) electrons. The van der Waals surface area contributed by atoms with E-state index < -0.39 is 5.97 Å². The summed E-state index contributed by atoms with van der Waals surface area (Å²) in [6.45, 7) is 2.66. The molecule has 24 heavy (non-hydrogen) atoms. The highest BCUT2D eigenvalue weighted by molar-refractivity contribution is 9.10. The number of nitrogens with one attached hydrogen (secondary N) is 1. The largest absolute Gasteiger partial charge is 0.460 e. The molecule has 0 atom stereocenters. The van der Waals surface area contributed by atoms with Gasteiger partial charge in [0.05, 0.1) is 17.9 Å². The molecule has 0 amide bonds. The summed E-state index contributed by atoms with van der Waals surface area (Å²) in [6, 6.07) is 3.44. The van der Waals surface area contributed by atoms with Crippen molar-refractivity contribution in [1.29, 1.82) is 0 Å². The van der Waals surface area contributed by atoms with Gasteiger partial charge >= 0.3 is 5.97 Å². The summed E-state index contributed by atoms with van der Waals surface area (Å²) in [6.07, 6.45) is 7.28. The molecule has 4 N–H and O–H groups in total. The second kappa shape index (κ2) is 8.83. The first kappa shape index (κ1) is 19.2. The molecule has 0 saturated heterocycles. The van der Waals surface area contributed by atoms with Gasteiger partial charge in [-0.15, -0.1) is 0 Å². The van der Waals surface area contributed by atoms with Crippen molar-refractivity contribution < 1.29 is 14.6 Å². The van der Waals surface area contributed by atoms with Gasteiger partial charge in [0, 0.05) is 16.6 Å². The number of aliphatic hydroxyl groups excluding tert-OH is 1. The van der Waals surface area contributed by atoms with Gasteiger partial charge in [0.25, 0.3) is 0 Å². The van der Waals surface area contributed by atoms with Crippen LogP contribution in [0.4, 0.5) is 5.69 Å². The lowest BCUT2D eigenvalue weighted by molar-refractivity contribution is 0.0433. The second-order valence-corrected chi connectivity index (χ2v) is 7.29. The summed E-state index contributed by atoms with van der Waals surface area (Å²) < 4.78 is 5.68. The van der Waals surface area contributed by atoms with Crippen molar-refractivity contribution in [3.05, 3.63) is 27.7 Å². The quantitative estimate of drug-likeness (QED) is 0.484. The molecule has 0 spiro atoms. The molecule has 1 aliphatic rings. The molecular weight excluding hydrogens is 372 g/mol. The Kier molecular flexibility index (Phi) is 7.07. The van der Waals surface area contributed by atoms with E-state index in [4.69, 9.17) is 15.6 Å². The van der Waals surface area contributed by atoms with Crippen LogP contribution in [-0.2, 0) is 11.3 Å². The van der Waals surface area contributed by atoms with Crippen LogP contribution < -0.4 is 11.1 Å². The van der Waals surface area contributed by atoms with E-state index in [1.807, 2.05) is 0 Å². The molecule has 1 saturated carbocycles. The fraction of sp³-hybridized carbons (Fsp3) is 0.611. The zero-order chi connectivity index (χ0) is 17.6. The monoisotopic (exact) mass is 398 g/mol. The number of esters is 1. The predicted molar refractivity (Wildman–Crippen MR) is 98.9 cm³/mol. The van der Waals surface area contributed by atoms with Crippen molar-refractivity contribution in [2.45, 2.75) is 57.5 Å². The minimum atomic E-state index is -0.450. The molecule has 0 unspecified atom stereocenters. The Balaban J connectivity index is 2.13. The maximum Gasteiger partial charge on any atom is 0.338 e. The van der Waals surface area contributed by atoms with E-state index in [9.17, 15) is 4.79 Å². The zero-order valence-electron chi connectivity index (χ0n) is 14.2. The van der Waals surface area contributed by atoms with Gasteiger partial charge in [0.2, 0.25) is 0 Å². The Morgan fingerprint density at radius 3 is 2.71 bits per heavy atom. The Morgan fingerprint density at radius 2 is 2.08 bits per heavy atom. The highest BCUT2D eigenvalue weighted by Gasteiger charge is 2.29. The molecule has 0 aliphatic heterocycles. The van der Waals surface area contributed by atoms with E-state index in [-0.39, 0.29) is 18.8 Å². The van der Waals surface area contributed by atoms with Crippen LogP contribution in [-0.4, -0.2) is 29.8 Å². The lowest BCUT2D eigenvalue weighted by atomic mass is 9.79. The van der Waals surface area contributed by atoms with E-state index in [0.717, 1.165) is 12.0 Å². The van der Waals surface area contributed by atoms with E-state index in [1.165, 1.54) is 32.1 Å². The maximum atomic E-state index is 12.0. The third-order valence-corrected chi connectivity index (χ3v) is 5.57. The van der Waals surface area contributed by atoms with Crippen LogP contribution in [0.1, 0.15) is 61.4 Å². The molecule has 6 heteroatoms. The SMILES string of the molecule is CCC1(NCc2cc(C(=O)OCCO)cc(Br)c2N)CCCCC1. The van der Waals surface area contributed by atoms with Crippen molar-refractivity contribution in [2.75, 3.05) is 18.9 Å². The van der Waals surface area contributed by atoms with Gasteiger partial charge in [0.1, 0.15) is 6.61 Å². The van der Waals surface area contributed by atoms with Crippen molar-refractivity contribution in [3.63, 3.8) is 0 Å². The number of hydrogen-bond acceptors (Lipinski definition) is 5. The predicted octanol–water partition coefficient (Wildman–Crippen LogP) is 3.38. The number of nitrogen functional groups attached to an aromatic ring is 1. The summed E-state index contributed by atoms with van der Waals surface area (Å²) in [5.74, 6) is -0.450. The number of benzene rings is 1. The number of anilines is 1. The summed E-state index contributed by atoms with van der Waals surface area (Å²) in [5, 5.41) is 12.5. The molecule has 0 bridgehead atoms. The Hall–Kier alpha value is -1.11. The first-order valence-corrected chi connectivity index (χ1v) is 9.41. The van der Waals surface area contributed by atoms with Crippen LogP contribution in [0.5, 0.6) is 0 Å². The Morgan fingerprint density at radius 1 is 1.38 bits per heavy atom. The standard InChI is InChI=1S/C18H27BrN2O3/c1-2-18(6-4-3-5-7-18)21-12-14-10-13(11-15(19)16(14)20)17(23)24-9-8-22/h10-11,21-22H,2-9,12,20H2,1H3. The number of nitrogens with two attached hydrogens (primary N) is 1. The number of halogens is 1. The molecule has 2 rings (SSSR count). The van der Waals surface area contributed by atoms with Crippen molar-refractivity contribution >= 4 is 27.6 Å². The topological polar surface area (TPSA) is 84.6 Å². The first-order valence-electron chi connectivity index (χ1n) is 8.62. The second-order valence-electron chi connectivity index (χ2n) is 6.44. The van der Waals surface area contributed by atoms with Gasteiger partial charge in [0.15, 0.2) is 0 Å². The number of carbonyl (C=O) groups is 1. The van der Waals surface area contributed by atoms with Gasteiger partial charge < -0.3 is 20.9 Å². The average Bonchev–Trinajstić information content (AvgIpc) is 2.61. The summed E-state index contributed by atoms with van der Waals surface area (Å²) in [7, 11) is 0. The molecular formula is C18H27BrN2O3. The third-order valence-electron chi connectivity index (χ3n) is 4.92. The average molecular weight is 399 g/mol. The number of ether oxygens (including phenoxy) is 1. The maximum absolute atomic E-state index is 12.0. The van der Waals surface area contributed by atoms with E-state index >= 15 is 0 Å². The van der Waals surface area contributed by atoms with E-state index in [0.29, 0.717) is 22.3 Å². The van der Waals surface area contributed by atoms with Gasteiger partial charge in [-0.3, -0.25) is 0 Å². The fourth-order valence-electron chi connectivity index (χ4n) is 3.33. The van der Waals surface area contributed by atoms with Gasteiger partial charge in [-0.05, 0) is 52.9 Å². The number of carbonyl (C=O) groups excluding carboxylic acids is 1. The third kappa shape index (κ3) is 4.71. The van der Waals surface area contributed by atoms with Gasteiger partial charge in [-0.2, -0.15) is 0 Å². The summed E-state index contributed by atoms with van der Waals surface area (Å²) in [5.41, 5.74) is 8.31. The molecule has 1 aliphatic carbocycles. The molecule has 1 aromatic rings. The number of rotatable bonds is 7. The smallest absolute Gasteiger partial charge is 0.338 e. The fourth-order valence-corrected chi connectivity index (χ4v) is 3.83. The van der Waals surface area contributed by atoms with Crippen LogP contribution in [0, 0.1) is 0 Å². The van der Waals surface area contributed by atoms with Crippen LogP contribution >= 0.6 is 15.9 Å². The Bertz CT molecular complexity index is 572. The van der Waals surface area contributed by atoms with E-state index in [1.54, 1.807) is 12.1 Å². The lowest BCUT2D eigenvalue weighted by Crippen LogP contribution is -2.45. The van der Waals surface area contributed by atoms with Crippen LogP contribution in [0.25, 0.3) is 0 Å². The number of aliphatic hydroxyl groups is 1. The van der Waals surface area contributed by atoms with Crippen molar-refractivity contribution in [3.8, 4) is 0 Å². The highest BCUT2D eigenvalue weighted by atomic mass is 79.9. The number of hydrogen-bond donors (Lipinski definition) is 3. The van der Waals surface area contributed by atoms with Gasteiger partial charge in [-0.25, -0.2) is 4.79 Å². The van der Waals surface area contributed by atoms with Gasteiger partial charge in [-0.1, -0.05) is 26.2 Å². The molecule has 0 heterocycles. The minimum Gasteiger partial charge on any atom is -0.460 e. The molecule has 1 aromatic carbocycles. The molecule has 0 aromatic heterocycles. The minimum absolute atomic E-state index is 0.00659. The zero-order valence-corrected chi connectivity index (χ0v) is 15.8. The Labute approximate surface area is 152 Å².